The van der Waals surface area contributed by atoms with Gasteiger partial charge in [-0.15, -0.1) is 0 Å². The lowest BCUT2D eigenvalue weighted by atomic mass is 10.1. The van der Waals surface area contributed by atoms with Gasteiger partial charge in [0.25, 0.3) is 0 Å². The molecule has 2 aromatic rings. The molecule has 0 bridgehead atoms. The summed E-state index contributed by atoms with van der Waals surface area (Å²) in [5.41, 5.74) is 6.40. The molecule has 0 fully saturated rings. The van der Waals surface area contributed by atoms with Crippen LogP contribution >= 0.6 is 15.9 Å². The highest BCUT2D eigenvalue weighted by Crippen LogP contribution is 2.24. The highest BCUT2D eigenvalue weighted by molar-refractivity contribution is 9.10. The van der Waals surface area contributed by atoms with Crippen molar-refractivity contribution in [3.63, 3.8) is 0 Å². The molecule has 0 aliphatic heterocycles. The molecular formula is C17H24BrN3. The number of aromatic nitrogens is 2. The van der Waals surface area contributed by atoms with E-state index in [1.54, 1.807) is 0 Å². The smallest absolute Gasteiger partial charge is 0.0678 e. The number of benzene rings is 1. The van der Waals surface area contributed by atoms with Crippen LogP contribution in [-0.4, -0.2) is 23.4 Å². The topological polar surface area (TPSA) is 29.9 Å². The van der Waals surface area contributed by atoms with E-state index in [0.29, 0.717) is 0 Å². The molecule has 0 radical (unpaired) electrons. The monoisotopic (exact) mass is 349 g/mol. The van der Waals surface area contributed by atoms with Crippen LogP contribution < -0.4 is 5.32 Å². The van der Waals surface area contributed by atoms with Crippen LogP contribution in [-0.2, 0) is 19.3 Å². The van der Waals surface area contributed by atoms with E-state index in [2.05, 4.69) is 64.9 Å². The van der Waals surface area contributed by atoms with E-state index < -0.39 is 0 Å². The van der Waals surface area contributed by atoms with Crippen molar-refractivity contribution < 1.29 is 0 Å². The predicted octanol–water partition coefficient (Wildman–Crippen LogP) is 3.83. The molecule has 0 aliphatic rings. The molecule has 0 saturated carbocycles. The molecule has 1 N–H and O–H groups in total. The minimum absolute atomic E-state index is 0.981. The van der Waals surface area contributed by atoms with Gasteiger partial charge in [0.1, 0.15) is 0 Å². The zero-order chi connectivity index (χ0) is 15.4. The van der Waals surface area contributed by atoms with Gasteiger partial charge in [-0.3, -0.25) is 0 Å². The van der Waals surface area contributed by atoms with Crippen LogP contribution in [0.4, 0.5) is 0 Å². The highest BCUT2D eigenvalue weighted by Gasteiger charge is 2.17. The zero-order valence-corrected chi connectivity index (χ0v) is 14.9. The maximum Gasteiger partial charge on any atom is 0.0678 e. The van der Waals surface area contributed by atoms with Gasteiger partial charge in [-0.05, 0) is 69.1 Å². The Morgan fingerprint density at radius 3 is 2.57 bits per heavy atom. The van der Waals surface area contributed by atoms with Crippen LogP contribution in [0.5, 0.6) is 0 Å². The Balaban J connectivity index is 2.55. The first-order valence-corrected chi connectivity index (χ1v) is 8.42. The third-order valence-electron chi connectivity index (χ3n) is 3.85. The third kappa shape index (κ3) is 3.38. The van der Waals surface area contributed by atoms with Crippen LogP contribution in [0.3, 0.4) is 0 Å². The largest absolute Gasteiger partial charge is 0.319 e. The fourth-order valence-corrected chi connectivity index (χ4v) is 3.25. The van der Waals surface area contributed by atoms with Gasteiger partial charge in [0, 0.05) is 10.2 Å². The van der Waals surface area contributed by atoms with Gasteiger partial charge >= 0.3 is 0 Å². The van der Waals surface area contributed by atoms with E-state index in [1.165, 1.54) is 28.2 Å². The molecule has 1 aromatic heterocycles. The Hall–Kier alpha value is -1.13. The molecule has 0 spiro atoms. The van der Waals surface area contributed by atoms with Crippen LogP contribution in [0.1, 0.15) is 36.4 Å². The molecule has 4 heteroatoms. The Labute approximate surface area is 135 Å². The van der Waals surface area contributed by atoms with Crippen molar-refractivity contribution in [3.8, 4) is 5.69 Å². The van der Waals surface area contributed by atoms with Crippen molar-refractivity contribution in [3.05, 3.63) is 45.2 Å². The van der Waals surface area contributed by atoms with Crippen LogP contribution in [0.15, 0.2) is 22.7 Å². The Morgan fingerprint density at radius 2 is 2.00 bits per heavy atom. The first-order chi connectivity index (χ1) is 10.1. The SMILES string of the molecule is CCc1nn(-c2ccc(Br)cc2C)c(CC)c1CCNC. The molecule has 0 aliphatic carbocycles. The molecule has 3 nitrogen and oxygen atoms in total. The van der Waals surface area contributed by atoms with Crippen LogP contribution in [0, 0.1) is 6.92 Å². The first-order valence-electron chi connectivity index (χ1n) is 7.63. The Kier molecular flexibility index (Phi) is 5.59. The number of hydrogen-bond acceptors (Lipinski definition) is 2. The number of aryl methyl sites for hydroxylation is 2. The average Bonchev–Trinajstić information content (AvgIpc) is 2.82. The molecule has 0 atom stereocenters. The lowest BCUT2D eigenvalue weighted by Crippen LogP contribution is -2.12. The van der Waals surface area contributed by atoms with Crippen LogP contribution in [0.2, 0.25) is 0 Å². The van der Waals surface area contributed by atoms with Gasteiger partial charge in [0.05, 0.1) is 11.4 Å². The molecule has 0 amide bonds. The lowest BCUT2D eigenvalue weighted by Gasteiger charge is -2.11. The maximum absolute atomic E-state index is 4.89. The number of nitrogens with one attached hydrogen (secondary N) is 1. The van der Waals surface area contributed by atoms with Crippen molar-refractivity contribution >= 4 is 15.9 Å². The van der Waals surface area contributed by atoms with E-state index >= 15 is 0 Å². The number of nitrogens with zero attached hydrogens (tertiary/aromatic N) is 2. The quantitative estimate of drug-likeness (QED) is 0.858. The summed E-state index contributed by atoms with van der Waals surface area (Å²) in [5, 5.41) is 8.13. The summed E-state index contributed by atoms with van der Waals surface area (Å²) in [4.78, 5) is 0. The van der Waals surface area contributed by atoms with Crippen molar-refractivity contribution in [2.75, 3.05) is 13.6 Å². The Bertz CT molecular complexity index is 617. The molecule has 21 heavy (non-hydrogen) atoms. The molecule has 0 unspecified atom stereocenters. The van der Waals surface area contributed by atoms with Crippen molar-refractivity contribution in [2.24, 2.45) is 0 Å². The summed E-state index contributed by atoms with van der Waals surface area (Å²) in [6.07, 6.45) is 3.02. The second-order valence-corrected chi connectivity index (χ2v) is 6.19. The molecule has 0 saturated heterocycles. The second-order valence-electron chi connectivity index (χ2n) is 5.28. The fourth-order valence-electron chi connectivity index (χ4n) is 2.78. The van der Waals surface area contributed by atoms with Crippen molar-refractivity contribution in [2.45, 2.75) is 40.0 Å². The van der Waals surface area contributed by atoms with E-state index in [0.717, 1.165) is 30.3 Å². The van der Waals surface area contributed by atoms with Gasteiger partial charge in [-0.2, -0.15) is 5.10 Å². The van der Waals surface area contributed by atoms with Crippen molar-refractivity contribution in [1.29, 1.82) is 0 Å². The highest BCUT2D eigenvalue weighted by atomic mass is 79.9. The molecule has 2 rings (SSSR count). The molecule has 1 heterocycles. The van der Waals surface area contributed by atoms with Gasteiger partial charge < -0.3 is 5.32 Å². The molecular weight excluding hydrogens is 326 g/mol. The minimum atomic E-state index is 0.981. The maximum atomic E-state index is 4.89. The predicted molar refractivity (Wildman–Crippen MR) is 92.4 cm³/mol. The molecule has 114 valence electrons. The summed E-state index contributed by atoms with van der Waals surface area (Å²) in [6.45, 7) is 7.53. The standard InChI is InChI=1S/C17H24BrN3/c1-5-15-14(9-10-19-4)16(6-2)21(20-15)17-8-7-13(18)11-12(17)3/h7-8,11,19H,5-6,9-10H2,1-4H3. The van der Waals surface area contributed by atoms with Gasteiger partial charge in [0.15, 0.2) is 0 Å². The second kappa shape index (κ2) is 7.23. The van der Waals surface area contributed by atoms with E-state index in [9.17, 15) is 0 Å². The minimum Gasteiger partial charge on any atom is -0.319 e. The van der Waals surface area contributed by atoms with Gasteiger partial charge in [-0.1, -0.05) is 29.8 Å². The van der Waals surface area contributed by atoms with E-state index in [1.807, 2.05) is 7.05 Å². The number of hydrogen-bond donors (Lipinski definition) is 1. The fraction of sp³-hybridized carbons (Fsp3) is 0.471. The summed E-state index contributed by atoms with van der Waals surface area (Å²) < 4.78 is 3.26. The zero-order valence-electron chi connectivity index (χ0n) is 13.3. The number of halogens is 1. The lowest BCUT2D eigenvalue weighted by molar-refractivity contribution is 0.771. The third-order valence-corrected chi connectivity index (χ3v) is 4.35. The summed E-state index contributed by atoms with van der Waals surface area (Å²) in [5.74, 6) is 0. The number of likely N-dealkylation sites (N-methyl/N-ethyl adjacent to an activating group) is 1. The number of rotatable bonds is 6. The summed E-state index contributed by atoms with van der Waals surface area (Å²) >= 11 is 3.53. The van der Waals surface area contributed by atoms with Crippen LogP contribution in [0.25, 0.3) is 5.69 Å². The van der Waals surface area contributed by atoms with Gasteiger partial charge in [0.2, 0.25) is 0 Å². The summed E-state index contributed by atoms with van der Waals surface area (Å²) in [7, 11) is 2.00. The summed E-state index contributed by atoms with van der Waals surface area (Å²) in [6, 6.07) is 6.38. The first kappa shape index (κ1) is 16.2. The van der Waals surface area contributed by atoms with Gasteiger partial charge in [-0.25, -0.2) is 4.68 Å². The Morgan fingerprint density at radius 1 is 1.24 bits per heavy atom. The van der Waals surface area contributed by atoms with Crippen molar-refractivity contribution in [1.82, 2.24) is 15.1 Å². The van der Waals surface area contributed by atoms with E-state index in [-0.39, 0.29) is 0 Å². The normalized spacial score (nSPS) is 11.1. The average molecular weight is 350 g/mol. The molecule has 1 aromatic carbocycles. The van der Waals surface area contributed by atoms with E-state index in [4.69, 9.17) is 5.10 Å².